The third-order valence-electron chi connectivity index (χ3n) is 12.3. The van der Waals surface area contributed by atoms with E-state index in [9.17, 15) is 14.4 Å². The summed E-state index contributed by atoms with van der Waals surface area (Å²) in [5.74, 6) is -0.0835. The highest BCUT2D eigenvalue weighted by atomic mass is 16.6. The van der Waals surface area contributed by atoms with Crippen molar-refractivity contribution in [3.63, 3.8) is 0 Å². The van der Waals surface area contributed by atoms with Crippen LogP contribution in [-0.4, -0.2) is 37.2 Å². The van der Waals surface area contributed by atoms with Gasteiger partial charge in [0, 0.05) is 19.3 Å². The quantitative estimate of drug-likeness (QED) is 0.0345. The number of hydrogen-bond donors (Lipinski definition) is 0. The lowest BCUT2D eigenvalue weighted by Gasteiger charge is -2.18. The van der Waals surface area contributed by atoms with Crippen LogP contribution in [0.5, 0.6) is 0 Å². The molecule has 6 heteroatoms. The van der Waals surface area contributed by atoms with Crippen molar-refractivity contribution in [1.82, 2.24) is 0 Å². The first-order chi connectivity index (χ1) is 29.4. The van der Waals surface area contributed by atoms with E-state index in [1.807, 2.05) is 0 Å². The first-order valence-electron chi connectivity index (χ1n) is 26.9. The van der Waals surface area contributed by atoms with E-state index in [-0.39, 0.29) is 31.1 Å². The first kappa shape index (κ1) is 58.4. The molecule has 0 aromatic heterocycles. The molecule has 0 aliphatic rings. The fraction of sp³-hybridized carbons (Fsp3) is 0.944. The molecule has 0 amide bonds. The van der Waals surface area contributed by atoms with Gasteiger partial charge in [0.25, 0.3) is 0 Å². The molecule has 356 valence electrons. The van der Waals surface area contributed by atoms with Gasteiger partial charge in [-0.2, -0.15) is 0 Å². The van der Waals surface area contributed by atoms with E-state index in [2.05, 4.69) is 27.7 Å². The largest absolute Gasteiger partial charge is 0.462 e. The lowest BCUT2D eigenvalue weighted by atomic mass is 10.0. The van der Waals surface area contributed by atoms with Crippen molar-refractivity contribution in [2.24, 2.45) is 5.92 Å². The predicted molar refractivity (Wildman–Crippen MR) is 257 cm³/mol. The molecule has 0 aromatic rings. The second kappa shape index (κ2) is 48.4. The van der Waals surface area contributed by atoms with Crippen molar-refractivity contribution in [2.75, 3.05) is 13.2 Å². The predicted octanol–water partition coefficient (Wildman–Crippen LogP) is 17.5. The molecule has 0 saturated carbocycles. The van der Waals surface area contributed by atoms with E-state index in [1.165, 1.54) is 199 Å². The fourth-order valence-electron chi connectivity index (χ4n) is 8.22. The Kier molecular flexibility index (Phi) is 47.2. The van der Waals surface area contributed by atoms with Crippen molar-refractivity contribution in [2.45, 2.75) is 310 Å². The van der Waals surface area contributed by atoms with Crippen LogP contribution in [0.25, 0.3) is 0 Å². The number of esters is 3. The van der Waals surface area contributed by atoms with E-state index in [1.54, 1.807) is 0 Å². The van der Waals surface area contributed by atoms with Gasteiger partial charge in [0.15, 0.2) is 6.10 Å². The van der Waals surface area contributed by atoms with Gasteiger partial charge in [-0.05, 0) is 25.2 Å². The molecule has 0 radical (unpaired) electrons. The highest BCUT2D eigenvalue weighted by molar-refractivity contribution is 5.71. The molecule has 0 N–H and O–H groups in total. The zero-order valence-electron chi connectivity index (χ0n) is 40.9. The van der Waals surface area contributed by atoms with E-state index in [0.717, 1.165) is 63.7 Å². The molecule has 0 aliphatic carbocycles. The minimum absolute atomic E-state index is 0.0633. The van der Waals surface area contributed by atoms with Gasteiger partial charge in [0.2, 0.25) is 0 Å². The minimum Gasteiger partial charge on any atom is -0.462 e. The second-order valence-electron chi connectivity index (χ2n) is 19.0. The number of rotatable bonds is 49. The highest BCUT2D eigenvalue weighted by Crippen LogP contribution is 2.17. The Hall–Kier alpha value is -1.59. The number of unbranched alkanes of at least 4 members (excludes halogenated alkanes) is 36. The standard InChI is InChI=1S/C54H104O6/c1-5-7-9-11-13-15-17-19-21-23-25-26-28-30-32-37-41-45-52(55)58-48-51(49-59-53(56)46-42-38-35-34-36-40-44-50(3)4)60-54(57)47-43-39-33-31-29-27-24-22-20-18-16-14-12-10-8-6-2/h50-51H,5-49H2,1-4H3/t51-/m1/s1. The van der Waals surface area contributed by atoms with E-state index < -0.39 is 6.10 Å². The third-order valence-corrected chi connectivity index (χ3v) is 12.3. The molecule has 0 aromatic carbocycles. The number of carbonyl (C=O) groups is 3. The van der Waals surface area contributed by atoms with Crippen LogP contribution in [0.4, 0.5) is 0 Å². The molecule has 0 aliphatic heterocycles. The SMILES string of the molecule is CCCCCCCCCCCCCCCCCCCC(=O)OC[C@H](COC(=O)CCCCCCCCC(C)C)OC(=O)CCCCCCCCCCCCCCCCCC. The topological polar surface area (TPSA) is 78.9 Å². The Bertz CT molecular complexity index is 903. The average Bonchev–Trinajstić information content (AvgIpc) is 3.23. The van der Waals surface area contributed by atoms with Gasteiger partial charge in [0.1, 0.15) is 13.2 Å². The molecule has 0 rings (SSSR count). The van der Waals surface area contributed by atoms with Crippen molar-refractivity contribution < 1.29 is 28.6 Å². The molecule has 0 saturated heterocycles. The van der Waals surface area contributed by atoms with Crippen LogP contribution >= 0.6 is 0 Å². The van der Waals surface area contributed by atoms with E-state index >= 15 is 0 Å². The van der Waals surface area contributed by atoms with Gasteiger partial charge in [-0.1, -0.05) is 265 Å². The average molecular weight is 849 g/mol. The third kappa shape index (κ3) is 47.5. The molecule has 0 unspecified atom stereocenters. The molecule has 0 fully saturated rings. The monoisotopic (exact) mass is 849 g/mol. The van der Waals surface area contributed by atoms with Gasteiger partial charge in [0.05, 0.1) is 0 Å². The van der Waals surface area contributed by atoms with Crippen LogP contribution in [0.2, 0.25) is 0 Å². The van der Waals surface area contributed by atoms with Crippen molar-refractivity contribution in [1.29, 1.82) is 0 Å². The molecular formula is C54H104O6. The number of carbonyl (C=O) groups excluding carboxylic acids is 3. The maximum absolute atomic E-state index is 12.8. The summed E-state index contributed by atoms with van der Waals surface area (Å²) in [6, 6.07) is 0. The fourth-order valence-corrected chi connectivity index (χ4v) is 8.22. The van der Waals surface area contributed by atoms with Crippen LogP contribution in [0.3, 0.4) is 0 Å². The zero-order valence-corrected chi connectivity index (χ0v) is 40.9. The minimum atomic E-state index is -0.761. The van der Waals surface area contributed by atoms with Gasteiger partial charge < -0.3 is 14.2 Å². The van der Waals surface area contributed by atoms with Crippen molar-refractivity contribution >= 4 is 17.9 Å². The van der Waals surface area contributed by atoms with Crippen LogP contribution < -0.4 is 0 Å². The first-order valence-corrected chi connectivity index (χ1v) is 26.9. The summed E-state index contributed by atoms with van der Waals surface area (Å²) in [7, 11) is 0. The molecule has 0 heterocycles. The molecule has 60 heavy (non-hydrogen) atoms. The molecule has 6 nitrogen and oxygen atoms in total. The number of hydrogen-bond acceptors (Lipinski definition) is 6. The normalized spacial score (nSPS) is 11.9. The van der Waals surface area contributed by atoms with E-state index in [4.69, 9.17) is 14.2 Å². The maximum atomic E-state index is 12.8. The Morgan fingerprint density at radius 1 is 0.317 bits per heavy atom. The van der Waals surface area contributed by atoms with Gasteiger partial charge >= 0.3 is 17.9 Å². The summed E-state index contributed by atoms with van der Waals surface area (Å²) in [4.78, 5) is 37.9. The lowest BCUT2D eigenvalue weighted by molar-refractivity contribution is -0.167. The highest BCUT2D eigenvalue weighted by Gasteiger charge is 2.19. The Morgan fingerprint density at radius 2 is 0.550 bits per heavy atom. The Labute approximate surface area is 374 Å². The Balaban J connectivity index is 4.24. The molecule has 0 spiro atoms. The van der Waals surface area contributed by atoms with Crippen LogP contribution in [0, 0.1) is 5.92 Å². The summed E-state index contributed by atoms with van der Waals surface area (Å²) in [6.07, 6.45) is 51.1. The lowest BCUT2D eigenvalue weighted by Crippen LogP contribution is -2.30. The van der Waals surface area contributed by atoms with Gasteiger partial charge in [-0.25, -0.2) is 0 Å². The van der Waals surface area contributed by atoms with E-state index in [0.29, 0.717) is 19.3 Å². The summed E-state index contributed by atoms with van der Waals surface area (Å²) < 4.78 is 16.8. The van der Waals surface area contributed by atoms with Crippen molar-refractivity contribution in [3.8, 4) is 0 Å². The summed E-state index contributed by atoms with van der Waals surface area (Å²) in [5.41, 5.74) is 0. The number of ether oxygens (including phenoxy) is 3. The van der Waals surface area contributed by atoms with Gasteiger partial charge in [-0.3, -0.25) is 14.4 Å². The van der Waals surface area contributed by atoms with Crippen LogP contribution in [0.1, 0.15) is 304 Å². The summed E-state index contributed by atoms with van der Waals surface area (Å²) in [6.45, 7) is 8.97. The second-order valence-corrected chi connectivity index (χ2v) is 19.0. The molecular weight excluding hydrogens is 745 g/mol. The van der Waals surface area contributed by atoms with Crippen LogP contribution in [0.15, 0.2) is 0 Å². The smallest absolute Gasteiger partial charge is 0.306 e. The molecule has 0 bridgehead atoms. The Morgan fingerprint density at radius 3 is 0.817 bits per heavy atom. The molecule has 1 atom stereocenters. The van der Waals surface area contributed by atoms with Gasteiger partial charge in [-0.15, -0.1) is 0 Å². The maximum Gasteiger partial charge on any atom is 0.306 e. The van der Waals surface area contributed by atoms with Crippen molar-refractivity contribution in [3.05, 3.63) is 0 Å². The summed E-state index contributed by atoms with van der Waals surface area (Å²) >= 11 is 0. The summed E-state index contributed by atoms with van der Waals surface area (Å²) in [5, 5.41) is 0. The zero-order chi connectivity index (χ0) is 43.8. The van der Waals surface area contributed by atoms with Crippen LogP contribution in [-0.2, 0) is 28.6 Å².